The van der Waals surface area contributed by atoms with Gasteiger partial charge in [-0.05, 0) is 12.1 Å². The van der Waals surface area contributed by atoms with Crippen molar-refractivity contribution in [2.24, 2.45) is 0 Å². The third kappa shape index (κ3) is 2.39. The van der Waals surface area contributed by atoms with Crippen LogP contribution in [0.5, 0.6) is 0 Å². The summed E-state index contributed by atoms with van der Waals surface area (Å²) in [6.07, 6.45) is 1.12. The SMILES string of the molecule is [CH2]C(=O)c1ccc(S(C)(=O)=O)cc1. The number of ketones is 1. The highest BCUT2D eigenvalue weighted by Gasteiger charge is 2.06. The van der Waals surface area contributed by atoms with Crippen molar-refractivity contribution in [2.75, 3.05) is 6.26 Å². The minimum Gasteiger partial charge on any atom is -0.294 e. The molecule has 0 aliphatic rings. The van der Waals surface area contributed by atoms with E-state index >= 15 is 0 Å². The van der Waals surface area contributed by atoms with E-state index in [-0.39, 0.29) is 10.7 Å². The van der Waals surface area contributed by atoms with Crippen LogP contribution in [0.2, 0.25) is 0 Å². The molecule has 0 saturated heterocycles. The predicted octanol–water partition coefficient (Wildman–Crippen LogP) is 1.11. The van der Waals surface area contributed by atoms with E-state index in [0.717, 1.165) is 6.26 Å². The summed E-state index contributed by atoms with van der Waals surface area (Å²) < 4.78 is 22.0. The summed E-state index contributed by atoms with van der Waals surface area (Å²) in [6, 6.07) is 5.69. The standard InChI is InChI=1S/C9H9O3S/c1-7(10)8-3-5-9(6-4-8)13(2,11)12/h3-6H,1H2,2H3. The first-order valence-electron chi connectivity index (χ1n) is 3.57. The molecule has 0 aliphatic carbocycles. The van der Waals surface area contributed by atoms with Gasteiger partial charge >= 0.3 is 0 Å². The van der Waals surface area contributed by atoms with Crippen molar-refractivity contribution in [1.82, 2.24) is 0 Å². The van der Waals surface area contributed by atoms with Gasteiger partial charge in [0.1, 0.15) is 0 Å². The number of hydrogen-bond acceptors (Lipinski definition) is 3. The van der Waals surface area contributed by atoms with Gasteiger partial charge in [0.15, 0.2) is 15.6 Å². The Labute approximate surface area is 77.3 Å². The Hall–Kier alpha value is -1.16. The summed E-state index contributed by atoms with van der Waals surface area (Å²) in [5.41, 5.74) is 0.410. The highest BCUT2D eigenvalue weighted by Crippen LogP contribution is 2.10. The van der Waals surface area contributed by atoms with Gasteiger partial charge in [-0.1, -0.05) is 12.1 Å². The van der Waals surface area contributed by atoms with Crippen molar-refractivity contribution in [3.8, 4) is 0 Å². The second-order valence-electron chi connectivity index (χ2n) is 2.72. The molecule has 0 atom stereocenters. The first kappa shape index (κ1) is 9.92. The first-order valence-corrected chi connectivity index (χ1v) is 5.47. The Morgan fingerprint density at radius 3 is 2.00 bits per heavy atom. The zero-order valence-electron chi connectivity index (χ0n) is 7.15. The van der Waals surface area contributed by atoms with E-state index in [9.17, 15) is 13.2 Å². The summed E-state index contributed by atoms with van der Waals surface area (Å²) in [5, 5.41) is 0. The fraction of sp³-hybridized carbons (Fsp3) is 0.111. The van der Waals surface area contributed by atoms with Gasteiger partial charge in [-0.3, -0.25) is 4.79 Å². The number of rotatable bonds is 2. The highest BCUT2D eigenvalue weighted by atomic mass is 32.2. The second-order valence-corrected chi connectivity index (χ2v) is 4.74. The van der Waals surface area contributed by atoms with E-state index in [1.165, 1.54) is 24.3 Å². The Morgan fingerprint density at radius 1 is 1.23 bits per heavy atom. The monoisotopic (exact) mass is 197 g/mol. The maximum absolute atomic E-state index is 11.0. The molecule has 1 aromatic carbocycles. The quantitative estimate of drug-likeness (QED) is 0.667. The highest BCUT2D eigenvalue weighted by molar-refractivity contribution is 7.90. The fourth-order valence-corrected chi connectivity index (χ4v) is 1.52. The van der Waals surface area contributed by atoms with Gasteiger partial charge in [0.2, 0.25) is 0 Å². The van der Waals surface area contributed by atoms with E-state index in [2.05, 4.69) is 6.92 Å². The van der Waals surface area contributed by atoms with Crippen molar-refractivity contribution >= 4 is 15.6 Å². The lowest BCUT2D eigenvalue weighted by molar-refractivity contribution is 0.104. The summed E-state index contributed by atoms with van der Waals surface area (Å²) in [5.74, 6) is -0.319. The molecule has 0 fully saturated rings. The van der Waals surface area contributed by atoms with Gasteiger partial charge in [0.25, 0.3) is 0 Å². The summed E-state index contributed by atoms with van der Waals surface area (Å²) >= 11 is 0. The summed E-state index contributed by atoms with van der Waals surface area (Å²) in [7, 11) is -3.18. The van der Waals surface area contributed by atoms with Crippen LogP contribution in [-0.2, 0) is 9.84 Å². The molecule has 0 amide bonds. The molecule has 1 aromatic rings. The third-order valence-electron chi connectivity index (χ3n) is 1.60. The Kier molecular flexibility index (Phi) is 2.52. The van der Waals surface area contributed by atoms with Crippen LogP contribution in [0.4, 0.5) is 0 Å². The number of carbonyl (C=O) groups is 1. The van der Waals surface area contributed by atoms with Gasteiger partial charge in [-0.25, -0.2) is 8.42 Å². The molecule has 0 bridgehead atoms. The van der Waals surface area contributed by atoms with Crippen LogP contribution >= 0.6 is 0 Å². The maximum atomic E-state index is 11.0. The van der Waals surface area contributed by atoms with Gasteiger partial charge in [-0.2, -0.15) is 0 Å². The van der Waals surface area contributed by atoms with Crippen LogP contribution in [0.25, 0.3) is 0 Å². The second kappa shape index (κ2) is 3.30. The lowest BCUT2D eigenvalue weighted by Gasteiger charge is -1.98. The smallest absolute Gasteiger partial charge is 0.175 e. The molecule has 0 spiro atoms. The molecule has 0 N–H and O–H groups in total. The zero-order chi connectivity index (χ0) is 10.1. The maximum Gasteiger partial charge on any atom is 0.175 e. The molecule has 0 aromatic heterocycles. The van der Waals surface area contributed by atoms with E-state index in [0.29, 0.717) is 5.56 Å². The van der Waals surface area contributed by atoms with Crippen LogP contribution in [0.1, 0.15) is 10.4 Å². The molecule has 0 saturated carbocycles. The Morgan fingerprint density at radius 2 is 1.69 bits per heavy atom. The molecule has 1 rings (SSSR count). The normalized spacial score (nSPS) is 11.2. The molecule has 4 heteroatoms. The number of sulfone groups is 1. The minimum atomic E-state index is -3.18. The van der Waals surface area contributed by atoms with E-state index < -0.39 is 9.84 Å². The molecule has 1 radical (unpaired) electrons. The van der Waals surface area contributed by atoms with Gasteiger partial charge in [-0.15, -0.1) is 0 Å². The summed E-state index contributed by atoms with van der Waals surface area (Å²) in [6.45, 7) is 3.21. The molecule has 0 aliphatic heterocycles. The van der Waals surface area contributed by atoms with Crippen molar-refractivity contribution in [3.63, 3.8) is 0 Å². The number of hydrogen-bond donors (Lipinski definition) is 0. The topological polar surface area (TPSA) is 51.2 Å². The van der Waals surface area contributed by atoms with Crippen molar-refractivity contribution in [1.29, 1.82) is 0 Å². The lowest BCUT2D eigenvalue weighted by atomic mass is 10.2. The minimum absolute atomic E-state index is 0.206. The van der Waals surface area contributed by atoms with E-state index in [1.807, 2.05) is 0 Å². The number of benzene rings is 1. The lowest BCUT2D eigenvalue weighted by Crippen LogP contribution is -1.98. The average Bonchev–Trinajstić information content (AvgIpc) is 2.03. The number of Topliss-reactive ketones (excluding diaryl/α,β-unsaturated/α-hetero) is 1. The number of carbonyl (C=O) groups excluding carboxylic acids is 1. The molecule has 0 heterocycles. The van der Waals surface area contributed by atoms with Crippen LogP contribution in [0.15, 0.2) is 29.2 Å². The van der Waals surface area contributed by atoms with Crippen LogP contribution in [0.3, 0.4) is 0 Å². The molecular formula is C9H9O3S. The molecule has 3 nitrogen and oxygen atoms in total. The van der Waals surface area contributed by atoms with Crippen molar-refractivity contribution in [2.45, 2.75) is 4.90 Å². The zero-order valence-corrected chi connectivity index (χ0v) is 7.97. The molecular weight excluding hydrogens is 188 g/mol. The van der Waals surface area contributed by atoms with Crippen molar-refractivity contribution < 1.29 is 13.2 Å². The van der Waals surface area contributed by atoms with Crippen LogP contribution in [-0.4, -0.2) is 20.5 Å². The fourth-order valence-electron chi connectivity index (χ4n) is 0.888. The molecule has 0 unspecified atom stereocenters. The largest absolute Gasteiger partial charge is 0.294 e. The Bertz CT molecular complexity index is 415. The molecule has 69 valence electrons. The van der Waals surface area contributed by atoms with Gasteiger partial charge in [0.05, 0.1) is 4.90 Å². The molecule has 13 heavy (non-hydrogen) atoms. The summed E-state index contributed by atoms with van der Waals surface area (Å²) in [4.78, 5) is 11.0. The van der Waals surface area contributed by atoms with E-state index in [1.54, 1.807) is 0 Å². The van der Waals surface area contributed by atoms with Gasteiger partial charge < -0.3 is 0 Å². The first-order chi connectivity index (χ1) is 5.91. The third-order valence-corrected chi connectivity index (χ3v) is 2.73. The van der Waals surface area contributed by atoms with Crippen LogP contribution in [0, 0.1) is 6.92 Å². The van der Waals surface area contributed by atoms with Crippen LogP contribution < -0.4 is 0 Å². The van der Waals surface area contributed by atoms with Gasteiger partial charge in [0, 0.05) is 18.7 Å². The predicted molar refractivity (Wildman–Crippen MR) is 49.2 cm³/mol. The van der Waals surface area contributed by atoms with Crippen molar-refractivity contribution in [3.05, 3.63) is 36.8 Å². The Balaban J connectivity index is 3.16. The van der Waals surface area contributed by atoms with E-state index in [4.69, 9.17) is 0 Å². The average molecular weight is 197 g/mol.